The molecule has 1 aromatic rings. The zero-order valence-electron chi connectivity index (χ0n) is 11.1. The van der Waals surface area contributed by atoms with Crippen LogP contribution in [0, 0.1) is 17.7 Å². The number of hydrogen-bond acceptors (Lipinski definition) is 3. The van der Waals surface area contributed by atoms with Crippen molar-refractivity contribution >= 4 is 11.8 Å². The van der Waals surface area contributed by atoms with Crippen molar-refractivity contribution in [3.8, 4) is 0 Å². The molecule has 4 N–H and O–H groups in total. The average Bonchev–Trinajstić information content (AvgIpc) is 2.81. The molecule has 2 atom stereocenters. The first kappa shape index (κ1) is 14.5. The van der Waals surface area contributed by atoms with E-state index in [1.54, 1.807) is 6.07 Å². The van der Waals surface area contributed by atoms with Crippen molar-refractivity contribution in [1.29, 1.82) is 0 Å². The Kier molecular flexibility index (Phi) is 4.34. The van der Waals surface area contributed by atoms with Gasteiger partial charge in [0, 0.05) is 19.6 Å². The Morgan fingerprint density at radius 1 is 1.20 bits per heavy atom. The normalized spacial score (nSPS) is 22.9. The molecule has 1 saturated heterocycles. The summed E-state index contributed by atoms with van der Waals surface area (Å²) in [4.78, 5) is 24.6. The molecular formula is C14H18FN3O2. The third-order valence-corrected chi connectivity index (χ3v) is 3.73. The molecular weight excluding hydrogens is 261 g/mol. The van der Waals surface area contributed by atoms with E-state index in [1.165, 1.54) is 12.1 Å². The van der Waals surface area contributed by atoms with Crippen LogP contribution < -0.4 is 11.5 Å². The minimum absolute atomic E-state index is 0.269. The van der Waals surface area contributed by atoms with Crippen LogP contribution in [0.25, 0.3) is 0 Å². The number of likely N-dealkylation sites (tertiary alicyclic amines) is 1. The van der Waals surface area contributed by atoms with Gasteiger partial charge < -0.3 is 16.4 Å². The maximum Gasteiger partial charge on any atom is 0.222 e. The standard InChI is InChI=1S/C14H18FN3O2/c15-10-3-1-2-9(6-10)4-5-18-7-11(13(16)19)12(8-18)14(17)20/h1-3,6,11-12H,4-5,7-8H2,(H2,16,19)(H2,17,20). The third kappa shape index (κ3) is 3.33. The zero-order chi connectivity index (χ0) is 14.7. The summed E-state index contributed by atoms with van der Waals surface area (Å²) in [5.41, 5.74) is 11.5. The van der Waals surface area contributed by atoms with Gasteiger partial charge in [-0.3, -0.25) is 9.59 Å². The number of hydrogen-bond donors (Lipinski definition) is 2. The molecule has 2 rings (SSSR count). The highest BCUT2D eigenvalue weighted by atomic mass is 19.1. The number of carbonyl (C=O) groups excluding carboxylic acids is 2. The predicted molar refractivity (Wildman–Crippen MR) is 71.9 cm³/mol. The summed E-state index contributed by atoms with van der Waals surface area (Å²) in [5, 5.41) is 0. The molecule has 0 bridgehead atoms. The Morgan fingerprint density at radius 2 is 1.80 bits per heavy atom. The van der Waals surface area contributed by atoms with Crippen molar-refractivity contribution in [2.24, 2.45) is 23.3 Å². The SMILES string of the molecule is NC(=O)C1CN(CCc2cccc(F)c2)CC1C(N)=O. The summed E-state index contributed by atoms with van der Waals surface area (Å²) < 4.78 is 13.1. The number of amides is 2. The monoisotopic (exact) mass is 279 g/mol. The van der Waals surface area contributed by atoms with Gasteiger partial charge in [-0.25, -0.2) is 4.39 Å². The van der Waals surface area contributed by atoms with E-state index >= 15 is 0 Å². The second kappa shape index (κ2) is 6.00. The van der Waals surface area contributed by atoms with Gasteiger partial charge in [0.15, 0.2) is 0 Å². The van der Waals surface area contributed by atoms with Crippen molar-refractivity contribution in [2.45, 2.75) is 6.42 Å². The van der Waals surface area contributed by atoms with Crippen LogP contribution >= 0.6 is 0 Å². The Morgan fingerprint density at radius 3 is 2.30 bits per heavy atom. The molecule has 0 saturated carbocycles. The zero-order valence-corrected chi connectivity index (χ0v) is 11.1. The first-order valence-electron chi connectivity index (χ1n) is 6.53. The van der Waals surface area contributed by atoms with Crippen LogP contribution in [0.15, 0.2) is 24.3 Å². The van der Waals surface area contributed by atoms with Crippen LogP contribution in [0.2, 0.25) is 0 Å². The number of carbonyl (C=O) groups is 2. The molecule has 0 aromatic heterocycles. The van der Waals surface area contributed by atoms with Gasteiger partial charge in [-0.15, -0.1) is 0 Å². The van der Waals surface area contributed by atoms with Gasteiger partial charge >= 0.3 is 0 Å². The summed E-state index contributed by atoms with van der Waals surface area (Å²) in [5.74, 6) is -2.32. The van der Waals surface area contributed by atoms with Crippen LogP contribution in [0.3, 0.4) is 0 Å². The Hall–Kier alpha value is -1.95. The van der Waals surface area contributed by atoms with Crippen molar-refractivity contribution in [1.82, 2.24) is 4.90 Å². The van der Waals surface area contributed by atoms with Gasteiger partial charge in [0.1, 0.15) is 5.82 Å². The van der Waals surface area contributed by atoms with Crippen molar-refractivity contribution in [3.63, 3.8) is 0 Å². The topological polar surface area (TPSA) is 89.4 Å². The lowest BCUT2D eigenvalue weighted by Crippen LogP contribution is -2.36. The average molecular weight is 279 g/mol. The van der Waals surface area contributed by atoms with E-state index in [2.05, 4.69) is 0 Å². The lowest BCUT2D eigenvalue weighted by molar-refractivity contribution is -0.129. The second-order valence-corrected chi connectivity index (χ2v) is 5.16. The van der Waals surface area contributed by atoms with Gasteiger partial charge in [-0.1, -0.05) is 12.1 Å². The number of rotatable bonds is 5. The van der Waals surface area contributed by atoms with Crippen LogP contribution in [-0.2, 0) is 16.0 Å². The van der Waals surface area contributed by atoms with E-state index in [1.807, 2.05) is 11.0 Å². The number of nitrogens with zero attached hydrogens (tertiary/aromatic N) is 1. The van der Waals surface area contributed by atoms with Gasteiger partial charge in [-0.05, 0) is 24.1 Å². The maximum atomic E-state index is 13.1. The summed E-state index contributed by atoms with van der Waals surface area (Å²) in [7, 11) is 0. The first-order valence-corrected chi connectivity index (χ1v) is 6.53. The molecule has 1 heterocycles. The molecule has 2 amide bonds. The highest BCUT2D eigenvalue weighted by Gasteiger charge is 2.39. The first-order chi connectivity index (χ1) is 9.47. The highest BCUT2D eigenvalue weighted by molar-refractivity contribution is 5.87. The van der Waals surface area contributed by atoms with Crippen LogP contribution in [-0.4, -0.2) is 36.3 Å². The van der Waals surface area contributed by atoms with Crippen molar-refractivity contribution in [2.75, 3.05) is 19.6 Å². The largest absolute Gasteiger partial charge is 0.369 e. The summed E-state index contributed by atoms with van der Waals surface area (Å²) >= 11 is 0. The van der Waals surface area contributed by atoms with Gasteiger partial charge in [-0.2, -0.15) is 0 Å². The summed E-state index contributed by atoms with van der Waals surface area (Å²) in [6, 6.07) is 6.38. The lowest BCUT2D eigenvalue weighted by atomic mass is 9.95. The molecule has 0 aliphatic carbocycles. The molecule has 1 aromatic carbocycles. The van der Waals surface area contributed by atoms with Crippen LogP contribution in [0.1, 0.15) is 5.56 Å². The van der Waals surface area contributed by atoms with E-state index in [0.29, 0.717) is 26.1 Å². The second-order valence-electron chi connectivity index (χ2n) is 5.16. The summed E-state index contributed by atoms with van der Waals surface area (Å²) in [6.07, 6.45) is 0.648. The fraction of sp³-hybridized carbons (Fsp3) is 0.429. The van der Waals surface area contributed by atoms with Gasteiger partial charge in [0.2, 0.25) is 11.8 Å². The fourth-order valence-corrected chi connectivity index (χ4v) is 2.62. The van der Waals surface area contributed by atoms with E-state index in [0.717, 1.165) is 5.56 Å². The predicted octanol–water partition coefficient (Wildman–Crippen LogP) is -0.113. The Bertz CT molecular complexity index is 499. The summed E-state index contributed by atoms with van der Waals surface area (Å²) in [6.45, 7) is 1.49. The minimum Gasteiger partial charge on any atom is -0.369 e. The number of primary amides is 2. The lowest BCUT2D eigenvalue weighted by Gasteiger charge is -2.15. The fourth-order valence-electron chi connectivity index (χ4n) is 2.62. The molecule has 6 heteroatoms. The molecule has 0 radical (unpaired) electrons. The van der Waals surface area contributed by atoms with Crippen LogP contribution in [0.4, 0.5) is 4.39 Å². The quantitative estimate of drug-likeness (QED) is 0.788. The highest BCUT2D eigenvalue weighted by Crippen LogP contribution is 2.23. The molecule has 2 unspecified atom stereocenters. The number of benzene rings is 1. The van der Waals surface area contributed by atoms with Crippen LogP contribution in [0.5, 0.6) is 0 Å². The van der Waals surface area contributed by atoms with Gasteiger partial charge in [0.25, 0.3) is 0 Å². The smallest absolute Gasteiger partial charge is 0.222 e. The maximum absolute atomic E-state index is 13.1. The minimum atomic E-state index is -0.528. The number of halogens is 1. The van der Waals surface area contributed by atoms with E-state index in [4.69, 9.17) is 11.5 Å². The van der Waals surface area contributed by atoms with Crippen molar-refractivity contribution < 1.29 is 14.0 Å². The molecule has 1 fully saturated rings. The van der Waals surface area contributed by atoms with Crippen molar-refractivity contribution in [3.05, 3.63) is 35.6 Å². The molecule has 5 nitrogen and oxygen atoms in total. The molecule has 1 aliphatic rings. The number of nitrogens with two attached hydrogens (primary N) is 2. The van der Waals surface area contributed by atoms with E-state index in [-0.39, 0.29) is 5.82 Å². The Balaban J connectivity index is 1.95. The van der Waals surface area contributed by atoms with Gasteiger partial charge in [0.05, 0.1) is 11.8 Å². The van der Waals surface area contributed by atoms with E-state index in [9.17, 15) is 14.0 Å². The molecule has 1 aliphatic heterocycles. The Labute approximate surface area is 116 Å². The molecule has 20 heavy (non-hydrogen) atoms. The molecule has 108 valence electrons. The molecule has 0 spiro atoms. The van der Waals surface area contributed by atoms with E-state index < -0.39 is 23.7 Å². The third-order valence-electron chi connectivity index (χ3n) is 3.73.